The van der Waals surface area contributed by atoms with Crippen molar-refractivity contribution in [1.82, 2.24) is 0 Å². The summed E-state index contributed by atoms with van der Waals surface area (Å²) >= 11 is 8.02. The zero-order chi connectivity index (χ0) is 28.1. The number of ether oxygens (including phenoxy) is 2. The van der Waals surface area contributed by atoms with Crippen LogP contribution in [-0.2, 0) is 16.1 Å². The number of hydrogen-bond donors (Lipinski definition) is 1. The average Bonchev–Trinajstić information content (AvgIpc) is 3.19. The summed E-state index contributed by atoms with van der Waals surface area (Å²) in [5.74, 6) is -1.41. The molecule has 3 aromatic carbocycles. The molecule has 3 aromatic rings. The number of amides is 1. The first-order valence-corrected chi connectivity index (χ1v) is 14.1. The van der Waals surface area contributed by atoms with Crippen LogP contribution in [0.5, 0.6) is 5.75 Å². The van der Waals surface area contributed by atoms with Crippen LogP contribution in [0.25, 0.3) is 6.08 Å². The van der Waals surface area contributed by atoms with Crippen LogP contribution >= 0.6 is 43.6 Å². The van der Waals surface area contributed by atoms with E-state index in [1.165, 1.54) is 12.1 Å². The molecule has 1 heterocycles. The molecular weight excluding hydrogens is 653 g/mol. The van der Waals surface area contributed by atoms with Crippen molar-refractivity contribution in [3.8, 4) is 5.75 Å². The Hall–Kier alpha value is -3.21. The largest absolute Gasteiger partial charge is 0.506 e. The second-order valence-electron chi connectivity index (χ2n) is 8.37. The van der Waals surface area contributed by atoms with E-state index in [-0.39, 0.29) is 35.4 Å². The van der Waals surface area contributed by atoms with E-state index in [9.17, 15) is 19.1 Å². The highest BCUT2D eigenvalue weighted by Gasteiger charge is 2.34. The molecule has 1 amide bonds. The molecule has 1 aliphatic heterocycles. The zero-order valence-corrected chi connectivity index (χ0v) is 24.8. The van der Waals surface area contributed by atoms with Gasteiger partial charge in [-0.1, -0.05) is 41.6 Å². The van der Waals surface area contributed by atoms with Crippen LogP contribution < -0.4 is 4.74 Å². The highest BCUT2D eigenvalue weighted by molar-refractivity contribution is 9.11. The topological polar surface area (TPSA) is 85.2 Å². The molecule has 0 aromatic heterocycles. The normalized spacial score (nSPS) is 15.2. The van der Waals surface area contributed by atoms with Crippen molar-refractivity contribution in [3.63, 3.8) is 0 Å². The highest BCUT2D eigenvalue weighted by atomic mass is 79.9. The fourth-order valence-corrected chi connectivity index (χ4v) is 6.00. The number of thioether (sulfide) groups is 1. The molecule has 0 bridgehead atoms. The highest BCUT2D eigenvalue weighted by Crippen LogP contribution is 2.41. The first-order valence-electron chi connectivity index (χ1n) is 11.7. The van der Waals surface area contributed by atoms with Crippen molar-refractivity contribution in [2.24, 2.45) is 4.99 Å². The van der Waals surface area contributed by atoms with Gasteiger partial charge in [0.25, 0.3) is 5.91 Å². The van der Waals surface area contributed by atoms with Crippen LogP contribution in [0.15, 0.2) is 90.8 Å². The Balaban J connectivity index is 1.62. The minimum Gasteiger partial charge on any atom is -0.506 e. The predicted molar refractivity (Wildman–Crippen MR) is 157 cm³/mol. The maximum atomic E-state index is 13.2. The zero-order valence-electron chi connectivity index (χ0n) is 20.8. The number of hydrogen-bond acceptors (Lipinski definition) is 6. The van der Waals surface area contributed by atoms with Gasteiger partial charge in [-0.25, -0.2) is 14.2 Å². The van der Waals surface area contributed by atoms with Crippen LogP contribution in [0.3, 0.4) is 0 Å². The molecule has 0 atom stereocenters. The van der Waals surface area contributed by atoms with E-state index >= 15 is 0 Å². The van der Waals surface area contributed by atoms with E-state index in [4.69, 9.17) is 9.47 Å². The van der Waals surface area contributed by atoms with Gasteiger partial charge in [-0.15, -0.1) is 0 Å². The van der Waals surface area contributed by atoms with Crippen molar-refractivity contribution in [2.75, 3.05) is 6.61 Å². The SMILES string of the molecule is CCOC(=O)C1=C(O)/C(=C/c2cc(Br)c(OCc3ccc(F)cc3)c(Br)c2)SC1=NC(=O)c1ccc(C)cc1. The summed E-state index contributed by atoms with van der Waals surface area (Å²) in [5.41, 5.74) is 2.67. The standard InChI is InChI=1S/C29H22Br2FNO5S/c1-3-37-29(36)24-25(34)23(39-28(24)33-27(35)19-8-4-16(2)5-9-19)14-18-12-21(30)26(22(31)13-18)38-15-17-6-10-20(32)11-7-17/h4-14,34H,3,15H2,1-2H3/b23-14-,33-28?. The lowest BCUT2D eigenvalue weighted by molar-refractivity contribution is -0.138. The number of nitrogens with zero attached hydrogens (tertiary/aromatic N) is 1. The summed E-state index contributed by atoms with van der Waals surface area (Å²) in [6.07, 6.45) is 1.66. The molecule has 1 aliphatic rings. The number of aliphatic hydroxyl groups is 1. The summed E-state index contributed by atoms with van der Waals surface area (Å²) in [6.45, 7) is 3.88. The molecule has 0 saturated carbocycles. The molecule has 0 fully saturated rings. The summed E-state index contributed by atoms with van der Waals surface area (Å²) in [5, 5.41) is 11.0. The number of carbonyl (C=O) groups excluding carboxylic acids is 2. The van der Waals surface area contributed by atoms with Crippen LogP contribution in [0.2, 0.25) is 0 Å². The Morgan fingerprint density at radius 1 is 1.05 bits per heavy atom. The fourth-order valence-electron chi connectivity index (χ4n) is 3.53. The molecule has 0 saturated heterocycles. The Bertz CT molecular complexity index is 1490. The molecular formula is C29H22Br2FNO5S. The molecule has 10 heteroatoms. The third kappa shape index (κ3) is 7.06. The van der Waals surface area contributed by atoms with Crippen molar-refractivity contribution >= 4 is 66.6 Å². The van der Waals surface area contributed by atoms with Gasteiger partial charge in [0, 0.05) is 5.56 Å². The lowest BCUT2D eigenvalue weighted by atomic mass is 10.1. The number of aliphatic imine (C=N–C) groups is 1. The average molecular weight is 675 g/mol. The molecule has 0 spiro atoms. The minimum absolute atomic E-state index is 0.0557. The summed E-state index contributed by atoms with van der Waals surface area (Å²) in [7, 11) is 0. The number of aryl methyl sites for hydroxylation is 1. The lowest BCUT2D eigenvalue weighted by Crippen LogP contribution is -2.14. The maximum Gasteiger partial charge on any atom is 0.344 e. The van der Waals surface area contributed by atoms with Gasteiger partial charge < -0.3 is 14.6 Å². The first-order chi connectivity index (χ1) is 18.7. The quantitative estimate of drug-likeness (QED) is 0.256. The maximum absolute atomic E-state index is 13.2. The van der Waals surface area contributed by atoms with E-state index in [1.54, 1.807) is 61.5 Å². The summed E-state index contributed by atoms with van der Waals surface area (Å²) in [4.78, 5) is 29.9. The van der Waals surface area contributed by atoms with Crippen LogP contribution in [0, 0.1) is 12.7 Å². The first kappa shape index (κ1) is 28.8. The lowest BCUT2D eigenvalue weighted by Gasteiger charge is -2.12. The van der Waals surface area contributed by atoms with Gasteiger partial charge in [-0.2, -0.15) is 0 Å². The van der Waals surface area contributed by atoms with Gasteiger partial charge in [0.05, 0.1) is 20.5 Å². The Morgan fingerprint density at radius 3 is 2.31 bits per heavy atom. The molecule has 0 aliphatic carbocycles. The smallest absolute Gasteiger partial charge is 0.344 e. The number of aliphatic hydroxyl groups excluding tert-OH is 1. The summed E-state index contributed by atoms with van der Waals surface area (Å²) in [6, 6.07) is 16.5. The molecule has 0 radical (unpaired) electrons. The molecule has 4 rings (SSSR count). The monoisotopic (exact) mass is 673 g/mol. The van der Waals surface area contributed by atoms with Crippen molar-refractivity contribution < 1.29 is 28.6 Å². The van der Waals surface area contributed by atoms with E-state index in [2.05, 4.69) is 36.9 Å². The predicted octanol–water partition coefficient (Wildman–Crippen LogP) is 7.94. The third-order valence-corrected chi connectivity index (χ3v) is 7.68. The van der Waals surface area contributed by atoms with Crippen molar-refractivity contribution in [2.45, 2.75) is 20.5 Å². The molecule has 39 heavy (non-hydrogen) atoms. The number of carbonyl (C=O) groups is 2. The van der Waals surface area contributed by atoms with Crippen LogP contribution in [0.4, 0.5) is 4.39 Å². The van der Waals surface area contributed by atoms with Crippen molar-refractivity contribution in [3.05, 3.63) is 114 Å². The van der Waals surface area contributed by atoms with E-state index < -0.39 is 11.9 Å². The Kier molecular flexibility index (Phi) is 9.42. The van der Waals surface area contributed by atoms with E-state index in [0.717, 1.165) is 22.9 Å². The van der Waals surface area contributed by atoms with Gasteiger partial charge in [0.2, 0.25) is 0 Å². The second kappa shape index (κ2) is 12.8. The molecule has 200 valence electrons. The number of rotatable bonds is 7. The second-order valence-corrected chi connectivity index (χ2v) is 11.1. The van der Waals surface area contributed by atoms with Gasteiger partial charge >= 0.3 is 5.97 Å². The molecule has 6 nitrogen and oxygen atoms in total. The number of benzene rings is 3. The number of esters is 1. The summed E-state index contributed by atoms with van der Waals surface area (Å²) < 4.78 is 25.4. The van der Waals surface area contributed by atoms with E-state index in [0.29, 0.717) is 30.7 Å². The van der Waals surface area contributed by atoms with E-state index in [1.807, 2.05) is 6.92 Å². The van der Waals surface area contributed by atoms with Gasteiger partial charge in [0.15, 0.2) is 0 Å². The van der Waals surface area contributed by atoms with Crippen molar-refractivity contribution in [1.29, 1.82) is 0 Å². The third-order valence-electron chi connectivity index (χ3n) is 5.49. The molecule has 1 N–H and O–H groups in total. The Labute approximate surface area is 245 Å². The Morgan fingerprint density at radius 2 is 1.69 bits per heavy atom. The van der Waals surface area contributed by atoms with Gasteiger partial charge in [0.1, 0.15) is 34.5 Å². The van der Waals surface area contributed by atoms with Gasteiger partial charge in [-0.05, 0) is 99.3 Å². The minimum atomic E-state index is -0.770. The van der Waals surface area contributed by atoms with Gasteiger partial charge in [-0.3, -0.25) is 4.79 Å². The van der Waals surface area contributed by atoms with Crippen LogP contribution in [-0.4, -0.2) is 28.6 Å². The number of halogens is 3. The fraction of sp³-hybridized carbons (Fsp3) is 0.138. The van der Waals surface area contributed by atoms with Crippen LogP contribution in [0.1, 0.15) is 34.0 Å². The molecule has 0 unspecified atom stereocenters.